The highest BCUT2D eigenvalue weighted by molar-refractivity contribution is 6.17. The van der Waals surface area contributed by atoms with E-state index in [9.17, 15) is 13.6 Å². The highest BCUT2D eigenvalue weighted by Crippen LogP contribution is 2.32. The number of rotatable bonds is 6. The molecule has 0 saturated heterocycles. The zero-order chi connectivity index (χ0) is 14.4. The molecule has 0 N–H and O–H groups in total. The third-order valence-electron chi connectivity index (χ3n) is 2.35. The van der Waals surface area contributed by atoms with Crippen molar-refractivity contribution in [1.29, 1.82) is 0 Å². The van der Waals surface area contributed by atoms with E-state index < -0.39 is 12.4 Å². The summed E-state index contributed by atoms with van der Waals surface area (Å²) in [5.74, 6) is -0.700. The number of ether oxygens (including phenoxy) is 2. The van der Waals surface area contributed by atoms with Crippen LogP contribution in [0.15, 0.2) is 6.07 Å². The Bertz CT molecular complexity index is 430. The molecule has 0 aliphatic carbocycles. The van der Waals surface area contributed by atoms with Gasteiger partial charge in [0, 0.05) is 6.07 Å². The number of hydrogen-bond donors (Lipinski definition) is 0. The maximum absolute atomic E-state index is 12.9. The summed E-state index contributed by atoms with van der Waals surface area (Å²) in [6.45, 7) is 1.92. The lowest BCUT2D eigenvalue weighted by Gasteiger charge is -2.13. The zero-order valence-corrected chi connectivity index (χ0v) is 11.3. The van der Waals surface area contributed by atoms with Crippen LogP contribution in [0.1, 0.15) is 30.3 Å². The standard InChI is InChI=1S/C12H14ClF2NO3/c1-3-19-10(17)5-7-4-9(18-2)11(12(14)15)8(6-13)16-7/h4,12H,3,5-6H2,1-2H3. The van der Waals surface area contributed by atoms with Crippen molar-refractivity contribution in [3.63, 3.8) is 0 Å². The normalized spacial score (nSPS) is 10.6. The lowest BCUT2D eigenvalue weighted by atomic mass is 10.1. The summed E-state index contributed by atoms with van der Waals surface area (Å²) in [5.41, 5.74) is -0.0456. The average Bonchev–Trinajstić information content (AvgIpc) is 2.37. The van der Waals surface area contributed by atoms with E-state index in [4.69, 9.17) is 21.1 Å². The number of alkyl halides is 3. The van der Waals surface area contributed by atoms with Crippen LogP contribution in [0.2, 0.25) is 0 Å². The van der Waals surface area contributed by atoms with Gasteiger partial charge in [0.1, 0.15) is 5.75 Å². The molecule has 106 valence electrons. The smallest absolute Gasteiger partial charge is 0.311 e. The topological polar surface area (TPSA) is 48.4 Å². The minimum atomic E-state index is -2.74. The van der Waals surface area contributed by atoms with Gasteiger partial charge in [0.05, 0.1) is 43.0 Å². The maximum Gasteiger partial charge on any atom is 0.311 e. The number of halogens is 3. The molecule has 0 aliphatic rings. The van der Waals surface area contributed by atoms with Gasteiger partial charge in [-0.3, -0.25) is 9.78 Å². The van der Waals surface area contributed by atoms with E-state index in [0.29, 0.717) is 0 Å². The molecule has 1 aromatic heterocycles. The molecule has 0 atom stereocenters. The fraction of sp³-hybridized carbons (Fsp3) is 0.500. The molecule has 0 amide bonds. The average molecular weight is 294 g/mol. The Balaban J connectivity index is 3.12. The number of esters is 1. The molecule has 0 saturated carbocycles. The SMILES string of the molecule is CCOC(=O)Cc1cc(OC)c(C(F)F)c(CCl)n1. The van der Waals surface area contributed by atoms with E-state index in [1.807, 2.05) is 0 Å². The summed E-state index contributed by atoms with van der Waals surface area (Å²) < 4.78 is 35.5. The molecule has 0 spiro atoms. The first kappa shape index (κ1) is 15.6. The molecular formula is C12H14ClF2NO3. The molecule has 0 unspecified atom stereocenters. The maximum atomic E-state index is 12.9. The lowest BCUT2D eigenvalue weighted by molar-refractivity contribution is -0.142. The Morgan fingerprint density at radius 1 is 1.53 bits per heavy atom. The fourth-order valence-corrected chi connectivity index (χ4v) is 1.80. The lowest BCUT2D eigenvalue weighted by Crippen LogP contribution is -2.11. The van der Waals surface area contributed by atoms with E-state index in [1.54, 1.807) is 6.92 Å². The van der Waals surface area contributed by atoms with E-state index in [2.05, 4.69) is 4.98 Å². The van der Waals surface area contributed by atoms with Crippen LogP contribution >= 0.6 is 11.6 Å². The van der Waals surface area contributed by atoms with Crippen molar-refractivity contribution in [2.45, 2.75) is 25.7 Å². The Labute approximate surface area is 114 Å². The third-order valence-corrected chi connectivity index (χ3v) is 2.60. The van der Waals surface area contributed by atoms with Crippen LogP contribution < -0.4 is 4.74 Å². The number of nitrogens with zero attached hydrogens (tertiary/aromatic N) is 1. The molecule has 1 heterocycles. The van der Waals surface area contributed by atoms with E-state index in [1.165, 1.54) is 13.2 Å². The van der Waals surface area contributed by atoms with Gasteiger partial charge in [0.25, 0.3) is 6.43 Å². The van der Waals surface area contributed by atoms with Crippen LogP contribution in [0, 0.1) is 0 Å². The Morgan fingerprint density at radius 2 is 2.21 bits per heavy atom. The van der Waals surface area contributed by atoms with Crippen LogP contribution in [-0.4, -0.2) is 24.7 Å². The molecule has 0 fully saturated rings. The molecule has 0 aromatic carbocycles. The number of pyridine rings is 1. The molecule has 19 heavy (non-hydrogen) atoms. The van der Waals surface area contributed by atoms with Gasteiger partial charge in [-0.15, -0.1) is 11.6 Å². The Morgan fingerprint density at radius 3 is 2.68 bits per heavy atom. The first-order valence-corrected chi connectivity index (χ1v) is 6.13. The van der Waals surface area contributed by atoms with E-state index in [-0.39, 0.29) is 41.6 Å². The quantitative estimate of drug-likeness (QED) is 0.598. The first-order valence-electron chi connectivity index (χ1n) is 5.59. The molecule has 0 radical (unpaired) electrons. The van der Waals surface area contributed by atoms with Crippen molar-refractivity contribution in [2.24, 2.45) is 0 Å². The van der Waals surface area contributed by atoms with Gasteiger partial charge < -0.3 is 9.47 Å². The highest BCUT2D eigenvalue weighted by Gasteiger charge is 2.21. The molecular weight excluding hydrogens is 280 g/mol. The van der Waals surface area contributed by atoms with Crippen molar-refractivity contribution in [2.75, 3.05) is 13.7 Å². The van der Waals surface area contributed by atoms with Crippen molar-refractivity contribution < 1.29 is 23.0 Å². The van der Waals surface area contributed by atoms with Gasteiger partial charge in [0.15, 0.2) is 0 Å². The second-order valence-electron chi connectivity index (χ2n) is 3.59. The first-order chi connectivity index (χ1) is 9.03. The molecule has 1 rings (SSSR count). The summed E-state index contributed by atoms with van der Waals surface area (Å²) in [7, 11) is 1.27. The van der Waals surface area contributed by atoms with E-state index >= 15 is 0 Å². The summed E-state index contributed by atoms with van der Waals surface area (Å²) in [4.78, 5) is 15.3. The summed E-state index contributed by atoms with van der Waals surface area (Å²) in [6.07, 6.45) is -2.86. The minimum absolute atomic E-state index is 0.00955. The van der Waals surface area contributed by atoms with Crippen LogP contribution in [-0.2, 0) is 21.8 Å². The number of carbonyl (C=O) groups excluding carboxylic acids is 1. The van der Waals surface area contributed by atoms with Gasteiger partial charge >= 0.3 is 5.97 Å². The van der Waals surface area contributed by atoms with Crippen molar-refractivity contribution in [1.82, 2.24) is 4.98 Å². The predicted octanol–water partition coefficient (Wildman–Crippen LogP) is 2.87. The number of carbonyl (C=O) groups is 1. The fourth-order valence-electron chi connectivity index (χ4n) is 1.59. The summed E-state index contributed by atoms with van der Waals surface area (Å²) in [6, 6.07) is 1.30. The van der Waals surface area contributed by atoms with Crippen molar-refractivity contribution in [3.05, 3.63) is 23.0 Å². The zero-order valence-electron chi connectivity index (χ0n) is 10.6. The van der Waals surface area contributed by atoms with Gasteiger partial charge in [-0.1, -0.05) is 0 Å². The molecule has 0 bridgehead atoms. The van der Waals surface area contributed by atoms with Crippen molar-refractivity contribution in [3.8, 4) is 5.75 Å². The molecule has 0 aliphatic heterocycles. The summed E-state index contributed by atoms with van der Waals surface area (Å²) in [5, 5.41) is 0. The second kappa shape index (κ2) is 7.23. The van der Waals surface area contributed by atoms with Crippen LogP contribution in [0.3, 0.4) is 0 Å². The number of aromatic nitrogens is 1. The molecule has 7 heteroatoms. The third kappa shape index (κ3) is 4.02. The Kier molecular flexibility index (Phi) is 5.95. The van der Waals surface area contributed by atoms with E-state index in [0.717, 1.165) is 0 Å². The van der Waals surface area contributed by atoms with Crippen LogP contribution in [0.4, 0.5) is 8.78 Å². The monoisotopic (exact) mass is 293 g/mol. The number of methoxy groups -OCH3 is 1. The van der Waals surface area contributed by atoms with Crippen LogP contribution in [0.5, 0.6) is 5.75 Å². The van der Waals surface area contributed by atoms with Crippen molar-refractivity contribution >= 4 is 17.6 Å². The van der Waals surface area contributed by atoms with Crippen LogP contribution in [0.25, 0.3) is 0 Å². The minimum Gasteiger partial charge on any atom is -0.496 e. The molecule has 1 aromatic rings. The predicted molar refractivity (Wildman–Crippen MR) is 65.6 cm³/mol. The van der Waals surface area contributed by atoms with Gasteiger partial charge in [-0.05, 0) is 6.92 Å². The largest absolute Gasteiger partial charge is 0.496 e. The van der Waals surface area contributed by atoms with Gasteiger partial charge in [0.2, 0.25) is 0 Å². The second-order valence-corrected chi connectivity index (χ2v) is 3.86. The van der Waals surface area contributed by atoms with Gasteiger partial charge in [-0.25, -0.2) is 8.78 Å². The van der Waals surface area contributed by atoms with Gasteiger partial charge in [-0.2, -0.15) is 0 Å². The summed E-state index contributed by atoms with van der Waals surface area (Å²) >= 11 is 5.61. The number of hydrogen-bond acceptors (Lipinski definition) is 4. The Hall–Kier alpha value is -1.43. The highest BCUT2D eigenvalue weighted by atomic mass is 35.5. The molecule has 4 nitrogen and oxygen atoms in total.